The number of rotatable bonds is 4. The van der Waals surface area contributed by atoms with Gasteiger partial charge in [0.1, 0.15) is 0 Å². The summed E-state index contributed by atoms with van der Waals surface area (Å²) in [5.41, 5.74) is 0. The van der Waals surface area contributed by atoms with Crippen molar-refractivity contribution >= 4 is 17.8 Å². The van der Waals surface area contributed by atoms with Gasteiger partial charge in [-0.3, -0.25) is 0 Å². The van der Waals surface area contributed by atoms with E-state index >= 15 is 0 Å². The second-order valence-corrected chi connectivity index (χ2v) is 2.36. The van der Waals surface area contributed by atoms with E-state index in [-0.39, 0.29) is 0 Å². The van der Waals surface area contributed by atoms with E-state index < -0.39 is 0 Å². The number of nitrogens with zero attached hydrogens (tertiary/aromatic N) is 3. The molecule has 0 spiro atoms. The van der Waals surface area contributed by atoms with E-state index in [4.69, 9.17) is 6.42 Å². The van der Waals surface area contributed by atoms with Gasteiger partial charge >= 0.3 is 0 Å². The van der Waals surface area contributed by atoms with E-state index in [1.165, 1.54) is 0 Å². The van der Waals surface area contributed by atoms with Crippen molar-refractivity contribution < 1.29 is 0 Å². The van der Waals surface area contributed by atoms with Crippen LogP contribution in [0.3, 0.4) is 0 Å². The minimum absolute atomic E-state index is 0.385. The summed E-state index contributed by atoms with van der Waals surface area (Å²) in [6.45, 7) is 0.385. The maximum atomic E-state index is 5.10. The summed E-state index contributed by atoms with van der Waals surface area (Å²) in [4.78, 5) is 12.2. The molecule has 0 aliphatic heterocycles. The zero-order valence-electron chi connectivity index (χ0n) is 8.13. The van der Waals surface area contributed by atoms with Crippen molar-refractivity contribution in [3.05, 3.63) is 0 Å². The Morgan fingerprint density at radius 2 is 1.57 bits per heavy atom. The molecule has 1 aromatic rings. The first kappa shape index (κ1) is 10.1. The van der Waals surface area contributed by atoms with Crippen LogP contribution in [0, 0.1) is 12.3 Å². The highest BCUT2D eigenvalue weighted by Crippen LogP contribution is 2.07. The molecule has 0 aliphatic rings. The first-order valence-corrected chi connectivity index (χ1v) is 4.09. The summed E-state index contributed by atoms with van der Waals surface area (Å²) in [5.74, 6) is 3.87. The topological polar surface area (TPSA) is 74.8 Å². The minimum Gasteiger partial charge on any atom is -0.357 e. The Hall–Kier alpha value is -2.03. The van der Waals surface area contributed by atoms with Crippen LogP contribution in [0.5, 0.6) is 0 Å². The van der Waals surface area contributed by atoms with Crippen molar-refractivity contribution in [1.82, 2.24) is 15.0 Å². The van der Waals surface area contributed by atoms with Gasteiger partial charge in [-0.25, -0.2) is 0 Å². The van der Waals surface area contributed by atoms with E-state index in [0.717, 1.165) is 0 Å². The third kappa shape index (κ3) is 2.48. The molecule has 1 heterocycles. The number of hydrogen-bond acceptors (Lipinski definition) is 6. The Morgan fingerprint density at radius 3 is 2.00 bits per heavy atom. The van der Waals surface area contributed by atoms with E-state index in [0.29, 0.717) is 24.4 Å². The Morgan fingerprint density at radius 1 is 1.07 bits per heavy atom. The average Bonchev–Trinajstić information content (AvgIpc) is 2.25. The van der Waals surface area contributed by atoms with Crippen LogP contribution in [0.15, 0.2) is 0 Å². The fourth-order valence-corrected chi connectivity index (χ4v) is 0.809. The van der Waals surface area contributed by atoms with E-state index in [1.54, 1.807) is 14.1 Å². The largest absolute Gasteiger partial charge is 0.357 e. The standard InChI is InChI=1S/C8H12N6/c1-4-5-11-8-13-6(9-2)12-7(10-3)14-8/h1H,5H2,2-3H3,(H3,9,10,11,12,13,14). The van der Waals surface area contributed by atoms with Crippen LogP contribution in [-0.2, 0) is 0 Å². The number of anilines is 3. The van der Waals surface area contributed by atoms with Crippen molar-refractivity contribution in [3.8, 4) is 12.3 Å². The molecule has 0 aromatic carbocycles. The molecule has 6 nitrogen and oxygen atoms in total. The molecule has 3 N–H and O–H groups in total. The summed E-state index contributed by atoms with van der Waals surface area (Å²) in [7, 11) is 3.47. The normalized spacial score (nSPS) is 8.93. The molecule has 14 heavy (non-hydrogen) atoms. The Balaban J connectivity index is 2.87. The molecule has 0 fully saturated rings. The quantitative estimate of drug-likeness (QED) is 0.583. The Bertz CT molecular complexity index is 320. The van der Waals surface area contributed by atoms with Gasteiger partial charge in [-0.05, 0) is 0 Å². The van der Waals surface area contributed by atoms with Crippen LogP contribution in [0.1, 0.15) is 0 Å². The summed E-state index contributed by atoms with van der Waals surface area (Å²) < 4.78 is 0. The molecule has 0 bridgehead atoms. The third-order valence-electron chi connectivity index (χ3n) is 1.43. The Labute approximate surface area is 82.6 Å². The van der Waals surface area contributed by atoms with Gasteiger partial charge in [0.05, 0.1) is 6.54 Å². The number of terminal acetylenes is 1. The highest BCUT2D eigenvalue weighted by atomic mass is 15.3. The maximum Gasteiger partial charge on any atom is 0.230 e. The summed E-state index contributed by atoms with van der Waals surface area (Å²) >= 11 is 0. The molecule has 0 aliphatic carbocycles. The van der Waals surface area contributed by atoms with Crippen LogP contribution in [0.25, 0.3) is 0 Å². The second-order valence-electron chi connectivity index (χ2n) is 2.36. The van der Waals surface area contributed by atoms with Crippen LogP contribution >= 0.6 is 0 Å². The number of nitrogens with one attached hydrogen (secondary N) is 3. The smallest absolute Gasteiger partial charge is 0.230 e. The first-order chi connectivity index (χ1) is 6.80. The first-order valence-electron chi connectivity index (χ1n) is 4.09. The monoisotopic (exact) mass is 192 g/mol. The van der Waals surface area contributed by atoms with Crippen LogP contribution < -0.4 is 16.0 Å². The van der Waals surface area contributed by atoms with Crippen molar-refractivity contribution in [2.75, 3.05) is 36.6 Å². The van der Waals surface area contributed by atoms with Crippen LogP contribution in [0.4, 0.5) is 17.8 Å². The van der Waals surface area contributed by atoms with Crippen molar-refractivity contribution in [3.63, 3.8) is 0 Å². The lowest BCUT2D eigenvalue weighted by Gasteiger charge is -2.05. The lowest BCUT2D eigenvalue weighted by molar-refractivity contribution is 1.03. The fraction of sp³-hybridized carbons (Fsp3) is 0.375. The van der Waals surface area contributed by atoms with E-state index in [9.17, 15) is 0 Å². The van der Waals surface area contributed by atoms with Gasteiger partial charge in [-0.2, -0.15) is 15.0 Å². The van der Waals surface area contributed by atoms with Gasteiger partial charge < -0.3 is 16.0 Å². The van der Waals surface area contributed by atoms with Gasteiger partial charge in [0.25, 0.3) is 0 Å². The molecule has 0 atom stereocenters. The van der Waals surface area contributed by atoms with Crippen molar-refractivity contribution in [1.29, 1.82) is 0 Å². The molecule has 1 aromatic heterocycles. The van der Waals surface area contributed by atoms with Crippen LogP contribution in [-0.4, -0.2) is 35.6 Å². The molecular formula is C8H12N6. The lowest BCUT2D eigenvalue weighted by Crippen LogP contribution is -2.09. The molecule has 1 rings (SSSR count). The molecule has 6 heteroatoms. The summed E-state index contributed by atoms with van der Waals surface area (Å²) in [6, 6.07) is 0. The maximum absolute atomic E-state index is 5.10. The Kier molecular flexibility index (Phi) is 3.49. The molecular weight excluding hydrogens is 180 g/mol. The zero-order chi connectivity index (χ0) is 10.4. The molecule has 0 amide bonds. The molecule has 0 radical (unpaired) electrons. The predicted molar refractivity (Wildman–Crippen MR) is 56.2 cm³/mol. The fourth-order valence-electron chi connectivity index (χ4n) is 0.809. The van der Waals surface area contributed by atoms with Crippen molar-refractivity contribution in [2.24, 2.45) is 0 Å². The number of aromatic nitrogens is 3. The zero-order valence-corrected chi connectivity index (χ0v) is 8.13. The van der Waals surface area contributed by atoms with E-state index in [1.807, 2.05) is 0 Å². The van der Waals surface area contributed by atoms with E-state index in [2.05, 4.69) is 36.8 Å². The molecule has 0 unspecified atom stereocenters. The summed E-state index contributed by atoms with van der Waals surface area (Å²) in [5, 5.41) is 8.51. The predicted octanol–water partition coefficient (Wildman–Crippen LogP) is 0.0001000. The average molecular weight is 192 g/mol. The minimum atomic E-state index is 0.385. The van der Waals surface area contributed by atoms with Crippen LogP contribution in [0.2, 0.25) is 0 Å². The SMILES string of the molecule is C#CCNc1nc(NC)nc(NC)n1. The number of hydrogen-bond donors (Lipinski definition) is 3. The van der Waals surface area contributed by atoms with Gasteiger partial charge in [0.15, 0.2) is 0 Å². The molecule has 74 valence electrons. The van der Waals surface area contributed by atoms with Crippen molar-refractivity contribution in [2.45, 2.75) is 0 Å². The molecule has 0 saturated carbocycles. The lowest BCUT2D eigenvalue weighted by atomic mass is 10.6. The van der Waals surface area contributed by atoms with Gasteiger partial charge in [0.2, 0.25) is 17.8 Å². The van der Waals surface area contributed by atoms with Gasteiger partial charge in [0, 0.05) is 14.1 Å². The molecule has 0 saturated heterocycles. The second kappa shape index (κ2) is 4.87. The van der Waals surface area contributed by atoms with Gasteiger partial charge in [-0.15, -0.1) is 6.42 Å². The third-order valence-corrected chi connectivity index (χ3v) is 1.43. The highest BCUT2D eigenvalue weighted by molar-refractivity contribution is 5.41. The van der Waals surface area contributed by atoms with Gasteiger partial charge in [-0.1, -0.05) is 5.92 Å². The highest BCUT2D eigenvalue weighted by Gasteiger charge is 2.02. The summed E-state index contributed by atoms with van der Waals surface area (Å²) in [6.07, 6.45) is 5.10.